The lowest BCUT2D eigenvalue weighted by Crippen LogP contribution is -2.13. The molecule has 0 saturated heterocycles. The van der Waals surface area contributed by atoms with Crippen molar-refractivity contribution < 1.29 is 9.90 Å². The number of phenols is 1. The van der Waals surface area contributed by atoms with E-state index in [4.69, 9.17) is 0 Å². The van der Waals surface area contributed by atoms with Crippen LogP contribution in [-0.4, -0.2) is 21.0 Å². The molecular weight excluding hydrogens is 292 g/mol. The molecule has 0 spiro atoms. The van der Waals surface area contributed by atoms with E-state index in [1.54, 1.807) is 30.6 Å². The number of fused-ring (bicyclic) bond motifs is 1. The number of carbonyl (C=O) groups excluding carboxylic acids is 1. The van der Waals surface area contributed by atoms with Crippen molar-refractivity contribution in [3.05, 3.63) is 59.9 Å². The predicted octanol–water partition coefficient (Wildman–Crippen LogP) is 2.81. The zero-order valence-corrected chi connectivity index (χ0v) is 11.9. The molecule has 23 heavy (non-hydrogen) atoms. The fraction of sp³-hybridized carbons (Fsp3) is 0. The molecular formula is C17H12N4O2. The molecule has 0 aliphatic rings. The van der Waals surface area contributed by atoms with Crippen molar-refractivity contribution in [2.45, 2.75) is 0 Å². The van der Waals surface area contributed by atoms with E-state index in [-0.39, 0.29) is 11.3 Å². The van der Waals surface area contributed by atoms with Gasteiger partial charge in [-0.05, 0) is 30.3 Å². The van der Waals surface area contributed by atoms with Crippen molar-refractivity contribution in [2.75, 3.05) is 5.32 Å². The molecule has 0 bridgehead atoms. The SMILES string of the molecule is N#C/C(=C\c1c[nH]c2ncccc12)C(=O)Nc1cccc(O)c1. The lowest BCUT2D eigenvalue weighted by Gasteiger charge is -2.04. The van der Waals surface area contributed by atoms with Crippen molar-refractivity contribution >= 4 is 28.7 Å². The van der Waals surface area contributed by atoms with Crippen LogP contribution in [0.25, 0.3) is 17.1 Å². The van der Waals surface area contributed by atoms with E-state index >= 15 is 0 Å². The summed E-state index contributed by atoms with van der Waals surface area (Å²) in [4.78, 5) is 19.4. The predicted molar refractivity (Wildman–Crippen MR) is 86.4 cm³/mol. The number of pyridine rings is 1. The highest BCUT2D eigenvalue weighted by atomic mass is 16.3. The average Bonchev–Trinajstić information content (AvgIpc) is 2.95. The minimum atomic E-state index is -0.545. The summed E-state index contributed by atoms with van der Waals surface area (Å²) in [5.74, 6) is -0.510. The van der Waals surface area contributed by atoms with Crippen molar-refractivity contribution in [2.24, 2.45) is 0 Å². The van der Waals surface area contributed by atoms with Gasteiger partial charge in [0.05, 0.1) is 0 Å². The number of aromatic amines is 1. The summed E-state index contributed by atoms with van der Waals surface area (Å²) >= 11 is 0. The first-order valence-corrected chi connectivity index (χ1v) is 6.81. The third kappa shape index (κ3) is 3.04. The number of amides is 1. The van der Waals surface area contributed by atoms with Gasteiger partial charge in [-0.25, -0.2) is 4.98 Å². The molecule has 6 heteroatoms. The van der Waals surface area contributed by atoms with Crippen molar-refractivity contribution in [3.63, 3.8) is 0 Å². The van der Waals surface area contributed by atoms with E-state index in [2.05, 4.69) is 15.3 Å². The Morgan fingerprint density at radius 2 is 2.22 bits per heavy atom. The van der Waals surface area contributed by atoms with E-state index in [1.165, 1.54) is 18.2 Å². The topological polar surface area (TPSA) is 102 Å². The molecule has 0 radical (unpaired) electrons. The number of hydrogen-bond donors (Lipinski definition) is 3. The summed E-state index contributed by atoms with van der Waals surface area (Å²) in [7, 11) is 0. The highest BCUT2D eigenvalue weighted by Crippen LogP contribution is 2.20. The lowest BCUT2D eigenvalue weighted by molar-refractivity contribution is -0.112. The average molecular weight is 304 g/mol. The molecule has 1 aromatic carbocycles. The van der Waals surface area contributed by atoms with E-state index in [9.17, 15) is 15.2 Å². The molecule has 2 aromatic heterocycles. The van der Waals surface area contributed by atoms with E-state index < -0.39 is 5.91 Å². The highest BCUT2D eigenvalue weighted by Gasteiger charge is 2.11. The molecule has 0 unspecified atom stereocenters. The van der Waals surface area contributed by atoms with Crippen LogP contribution >= 0.6 is 0 Å². The normalized spacial score (nSPS) is 11.2. The van der Waals surface area contributed by atoms with Gasteiger partial charge in [0.25, 0.3) is 5.91 Å². The van der Waals surface area contributed by atoms with Crippen LogP contribution in [-0.2, 0) is 4.79 Å². The zero-order chi connectivity index (χ0) is 16.2. The molecule has 0 aliphatic carbocycles. The van der Waals surface area contributed by atoms with Gasteiger partial charge in [-0.15, -0.1) is 0 Å². The number of rotatable bonds is 3. The van der Waals surface area contributed by atoms with Gasteiger partial charge < -0.3 is 15.4 Å². The number of aromatic hydroxyl groups is 1. The molecule has 6 nitrogen and oxygen atoms in total. The second-order valence-corrected chi connectivity index (χ2v) is 4.82. The first-order chi connectivity index (χ1) is 11.2. The molecule has 1 amide bonds. The second-order valence-electron chi connectivity index (χ2n) is 4.82. The maximum atomic E-state index is 12.2. The summed E-state index contributed by atoms with van der Waals surface area (Å²) in [6.07, 6.45) is 4.85. The maximum Gasteiger partial charge on any atom is 0.266 e. The van der Waals surface area contributed by atoms with Gasteiger partial charge >= 0.3 is 0 Å². The quantitative estimate of drug-likeness (QED) is 0.511. The Morgan fingerprint density at radius 3 is 3.00 bits per heavy atom. The van der Waals surface area contributed by atoms with Crippen LogP contribution in [0.4, 0.5) is 5.69 Å². The summed E-state index contributed by atoms with van der Waals surface area (Å²) in [5.41, 5.74) is 1.76. The smallest absolute Gasteiger partial charge is 0.266 e. The minimum absolute atomic E-state index is 0.0352. The molecule has 112 valence electrons. The second kappa shape index (κ2) is 6.03. The van der Waals surface area contributed by atoms with Gasteiger partial charge in [0.2, 0.25) is 0 Å². The molecule has 3 rings (SSSR count). The molecule has 3 aromatic rings. The van der Waals surface area contributed by atoms with E-state index in [0.717, 1.165) is 5.39 Å². The number of phenolic OH excluding ortho intramolecular Hbond substituents is 1. The lowest BCUT2D eigenvalue weighted by atomic mass is 10.1. The Morgan fingerprint density at radius 1 is 1.35 bits per heavy atom. The third-order valence-electron chi connectivity index (χ3n) is 3.25. The number of hydrogen-bond acceptors (Lipinski definition) is 4. The maximum absolute atomic E-state index is 12.2. The summed E-state index contributed by atoms with van der Waals surface area (Å²) in [6, 6.07) is 11.7. The van der Waals surface area contributed by atoms with Gasteiger partial charge in [-0.2, -0.15) is 5.26 Å². The molecule has 0 atom stereocenters. The van der Waals surface area contributed by atoms with Crippen LogP contribution in [0.5, 0.6) is 5.75 Å². The Hall–Kier alpha value is -3.59. The van der Waals surface area contributed by atoms with Gasteiger partial charge in [-0.3, -0.25) is 4.79 Å². The van der Waals surface area contributed by atoms with Crippen LogP contribution < -0.4 is 5.32 Å². The fourth-order valence-electron chi connectivity index (χ4n) is 2.18. The van der Waals surface area contributed by atoms with Gasteiger partial charge in [-0.1, -0.05) is 6.07 Å². The number of nitrogens with one attached hydrogen (secondary N) is 2. The van der Waals surface area contributed by atoms with Crippen molar-refractivity contribution in [1.82, 2.24) is 9.97 Å². The number of aromatic nitrogens is 2. The summed E-state index contributed by atoms with van der Waals surface area (Å²) in [5, 5.41) is 22.1. The number of benzene rings is 1. The molecule has 0 fully saturated rings. The Bertz CT molecular complexity index is 950. The van der Waals surface area contributed by atoms with Crippen LogP contribution in [0.3, 0.4) is 0 Å². The van der Waals surface area contributed by atoms with Crippen LogP contribution in [0, 0.1) is 11.3 Å². The fourth-order valence-corrected chi connectivity index (χ4v) is 2.18. The highest BCUT2D eigenvalue weighted by molar-refractivity contribution is 6.10. The Balaban J connectivity index is 1.90. The standard InChI is InChI=1S/C17H12N4O2/c18-9-11(17(23)21-13-3-1-4-14(22)8-13)7-12-10-20-16-15(12)5-2-6-19-16/h1-8,10,22H,(H,19,20)(H,21,23)/b11-7+. The molecule has 0 aliphatic heterocycles. The first-order valence-electron chi connectivity index (χ1n) is 6.81. The largest absolute Gasteiger partial charge is 0.508 e. The monoisotopic (exact) mass is 304 g/mol. The van der Waals surface area contributed by atoms with Crippen molar-refractivity contribution in [1.29, 1.82) is 5.26 Å². The van der Waals surface area contributed by atoms with Gasteiger partial charge in [0.15, 0.2) is 0 Å². The number of nitrogens with zero attached hydrogens (tertiary/aromatic N) is 2. The van der Waals surface area contributed by atoms with Crippen LogP contribution in [0.15, 0.2) is 54.4 Å². The summed E-state index contributed by atoms with van der Waals surface area (Å²) in [6.45, 7) is 0. The Kier molecular flexibility index (Phi) is 3.77. The van der Waals surface area contributed by atoms with Crippen molar-refractivity contribution in [3.8, 4) is 11.8 Å². The summed E-state index contributed by atoms with van der Waals surface area (Å²) < 4.78 is 0. The van der Waals surface area contributed by atoms with Crippen LogP contribution in [0.2, 0.25) is 0 Å². The van der Waals surface area contributed by atoms with E-state index in [0.29, 0.717) is 16.9 Å². The number of nitriles is 1. The number of anilines is 1. The minimum Gasteiger partial charge on any atom is -0.508 e. The molecule has 3 N–H and O–H groups in total. The van der Waals surface area contributed by atoms with E-state index in [1.807, 2.05) is 12.1 Å². The number of H-pyrrole nitrogens is 1. The Labute approximate surface area is 131 Å². The first kappa shape index (κ1) is 14.4. The zero-order valence-electron chi connectivity index (χ0n) is 11.9. The van der Waals surface area contributed by atoms with Gasteiger partial charge in [0, 0.05) is 35.1 Å². The van der Waals surface area contributed by atoms with Gasteiger partial charge in [0.1, 0.15) is 23.0 Å². The third-order valence-corrected chi connectivity index (χ3v) is 3.25. The molecule has 2 heterocycles. The van der Waals surface area contributed by atoms with Crippen LogP contribution in [0.1, 0.15) is 5.56 Å². The number of carbonyl (C=O) groups is 1. The molecule has 0 saturated carbocycles.